The number of nitrogens with zero attached hydrogens (tertiary/aromatic N) is 3. The normalized spacial score (nSPS) is 10.8. The van der Waals surface area contributed by atoms with Gasteiger partial charge in [-0.15, -0.1) is 5.10 Å². The second kappa shape index (κ2) is 2.46. The minimum absolute atomic E-state index is 0.349. The first-order valence-electron chi connectivity index (χ1n) is 3.60. The van der Waals surface area contributed by atoms with E-state index < -0.39 is 0 Å². The largest absolute Gasteiger partial charge is 0.397 e. The molecule has 0 saturated heterocycles. The van der Waals surface area contributed by atoms with Gasteiger partial charge in [0, 0.05) is 0 Å². The van der Waals surface area contributed by atoms with Gasteiger partial charge in [0.25, 0.3) is 0 Å². The van der Waals surface area contributed by atoms with Crippen LogP contribution in [0.1, 0.15) is 5.82 Å². The van der Waals surface area contributed by atoms with Gasteiger partial charge in [0.05, 0.1) is 18.4 Å². The minimum Gasteiger partial charge on any atom is -0.397 e. The highest BCUT2D eigenvalue weighted by Crippen LogP contribution is 2.05. The average Bonchev–Trinajstić information content (AvgIpc) is 2.46. The van der Waals surface area contributed by atoms with Gasteiger partial charge in [-0.05, 0) is 12.1 Å². The Morgan fingerprint density at radius 2 is 2.25 bits per heavy atom. The number of aromatic nitrogens is 3. The highest BCUT2D eigenvalue weighted by Gasteiger charge is 2.00. The van der Waals surface area contributed by atoms with Gasteiger partial charge in [-0.25, -0.2) is 9.50 Å². The van der Waals surface area contributed by atoms with Crippen LogP contribution >= 0.6 is 0 Å². The molecule has 0 spiro atoms. The van der Waals surface area contributed by atoms with Crippen LogP contribution in [-0.4, -0.2) is 14.6 Å². The number of nitrogens with two attached hydrogens (primary N) is 2. The van der Waals surface area contributed by atoms with Crippen molar-refractivity contribution in [2.45, 2.75) is 6.54 Å². The molecular weight excluding hydrogens is 154 g/mol. The van der Waals surface area contributed by atoms with Gasteiger partial charge < -0.3 is 11.5 Å². The van der Waals surface area contributed by atoms with E-state index in [-0.39, 0.29) is 0 Å². The fourth-order valence-electron chi connectivity index (χ4n) is 1.03. The molecule has 0 fully saturated rings. The Bertz CT molecular complexity index is 405. The number of nitrogen functional groups attached to an aromatic ring is 1. The first-order valence-corrected chi connectivity index (χ1v) is 3.60. The average molecular weight is 163 g/mol. The van der Waals surface area contributed by atoms with E-state index in [1.54, 1.807) is 16.8 Å². The van der Waals surface area contributed by atoms with E-state index in [1.165, 1.54) is 0 Å². The molecule has 2 rings (SSSR count). The molecule has 0 saturated carbocycles. The van der Waals surface area contributed by atoms with Gasteiger partial charge in [-0.3, -0.25) is 0 Å². The Morgan fingerprint density at radius 1 is 1.42 bits per heavy atom. The topological polar surface area (TPSA) is 82.2 Å². The highest BCUT2D eigenvalue weighted by atomic mass is 15.3. The number of anilines is 1. The molecule has 0 unspecified atom stereocenters. The van der Waals surface area contributed by atoms with E-state index >= 15 is 0 Å². The summed E-state index contributed by atoms with van der Waals surface area (Å²) in [4.78, 5) is 4.14. The molecule has 4 N–H and O–H groups in total. The van der Waals surface area contributed by atoms with E-state index in [0.717, 1.165) is 5.65 Å². The lowest BCUT2D eigenvalue weighted by atomic mass is 10.4. The Hall–Kier alpha value is -1.62. The second-order valence-corrected chi connectivity index (χ2v) is 2.50. The lowest BCUT2D eigenvalue weighted by molar-refractivity contribution is 0.870. The molecular formula is C7H9N5. The molecule has 0 amide bonds. The molecule has 12 heavy (non-hydrogen) atoms. The summed E-state index contributed by atoms with van der Waals surface area (Å²) in [6.45, 7) is 0.349. The fourth-order valence-corrected chi connectivity index (χ4v) is 1.03. The Kier molecular flexibility index (Phi) is 1.44. The van der Waals surface area contributed by atoms with Crippen molar-refractivity contribution in [3.8, 4) is 0 Å². The minimum atomic E-state index is 0.349. The van der Waals surface area contributed by atoms with Crippen molar-refractivity contribution in [1.82, 2.24) is 14.6 Å². The van der Waals surface area contributed by atoms with E-state index in [4.69, 9.17) is 11.5 Å². The molecule has 0 radical (unpaired) electrons. The fraction of sp³-hybridized carbons (Fsp3) is 0.143. The summed E-state index contributed by atoms with van der Waals surface area (Å²) >= 11 is 0. The first-order chi connectivity index (χ1) is 5.79. The molecule has 0 aliphatic heterocycles. The summed E-state index contributed by atoms with van der Waals surface area (Å²) in [5.74, 6) is 0.626. The lowest BCUT2D eigenvalue weighted by Crippen LogP contribution is -1.98. The zero-order valence-electron chi connectivity index (χ0n) is 6.44. The maximum Gasteiger partial charge on any atom is 0.165 e. The summed E-state index contributed by atoms with van der Waals surface area (Å²) in [5.41, 5.74) is 12.4. The Morgan fingerprint density at radius 3 is 3.00 bits per heavy atom. The van der Waals surface area contributed by atoms with Crippen molar-refractivity contribution < 1.29 is 0 Å². The second-order valence-electron chi connectivity index (χ2n) is 2.50. The zero-order chi connectivity index (χ0) is 8.55. The van der Waals surface area contributed by atoms with Crippen LogP contribution in [0.2, 0.25) is 0 Å². The molecule has 0 aliphatic carbocycles. The molecule has 0 aliphatic rings. The summed E-state index contributed by atoms with van der Waals surface area (Å²) in [5, 5.41) is 4.09. The van der Waals surface area contributed by atoms with Crippen molar-refractivity contribution in [2.75, 3.05) is 5.73 Å². The maximum atomic E-state index is 5.55. The third-order valence-corrected chi connectivity index (χ3v) is 1.58. The number of pyridine rings is 1. The van der Waals surface area contributed by atoms with Crippen molar-refractivity contribution in [2.24, 2.45) is 5.73 Å². The van der Waals surface area contributed by atoms with Crippen molar-refractivity contribution in [3.05, 3.63) is 24.2 Å². The maximum absolute atomic E-state index is 5.55. The van der Waals surface area contributed by atoms with Crippen LogP contribution in [-0.2, 0) is 6.54 Å². The van der Waals surface area contributed by atoms with E-state index in [2.05, 4.69) is 10.1 Å². The molecule has 0 aromatic carbocycles. The third kappa shape index (κ3) is 0.998. The number of hydrogen-bond acceptors (Lipinski definition) is 4. The van der Waals surface area contributed by atoms with Gasteiger partial charge in [0.15, 0.2) is 11.5 Å². The quantitative estimate of drug-likeness (QED) is 0.608. The summed E-state index contributed by atoms with van der Waals surface area (Å²) in [6, 6.07) is 3.59. The number of rotatable bonds is 1. The van der Waals surface area contributed by atoms with Gasteiger partial charge in [0.1, 0.15) is 0 Å². The van der Waals surface area contributed by atoms with Gasteiger partial charge in [-0.1, -0.05) is 0 Å². The van der Waals surface area contributed by atoms with Gasteiger partial charge in [0.2, 0.25) is 0 Å². The molecule has 2 aromatic rings. The standard InChI is InChI=1S/C7H9N5/c8-3-6-10-7-2-1-5(9)4-12(7)11-6/h1-2,4H,3,8-9H2. The van der Waals surface area contributed by atoms with Crippen molar-refractivity contribution in [3.63, 3.8) is 0 Å². The number of fused-ring (bicyclic) bond motifs is 1. The lowest BCUT2D eigenvalue weighted by Gasteiger charge is -1.91. The molecule has 0 bridgehead atoms. The summed E-state index contributed by atoms with van der Waals surface area (Å²) < 4.78 is 1.62. The van der Waals surface area contributed by atoms with Crippen molar-refractivity contribution >= 4 is 11.3 Å². The smallest absolute Gasteiger partial charge is 0.165 e. The zero-order valence-corrected chi connectivity index (χ0v) is 6.44. The van der Waals surface area contributed by atoms with Crippen LogP contribution in [0.3, 0.4) is 0 Å². The Balaban J connectivity index is 2.67. The van der Waals surface area contributed by atoms with Crippen LogP contribution in [0.5, 0.6) is 0 Å². The molecule has 0 atom stereocenters. The SMILES string of the molecule is NCc1nc2ccc(N)cn2n1. The molecule has 62 valence electrons. The molecule has 2 heterocycles. The predicted octanol–water partition coefficient (Wildman–Crippen LogP) is -0.230. The number of hydrogen-bond donors (Lipinski definition) is 2. The van der Waals surface area contributed by atoms with Gasteiger partial charge >= 0.3 is 0 Å². The van der Waals surface area contributed by atoms with Crippen LogP contribution in [0, 0.1) is 0 Å². The predicted molar refractivity (Wildman–Crippen MR) is 45.3 cm³/mol. The van der Waals surface area contributed by atoms with Crippen LogP contribution in [0.15, 0.2) is 18.3 Å². The van der Waals surface area contributed by atoms with Crippen LogP contribution < -0.4 is 11.5 Å². The Labute approximate surface area is 69.0 Å². The van der Waals surface area contributed by atoms with Crippen LogP contribution in [0.25, 0.3) is 5.65 Å². The first kappa shape index (κ1) is 7.05. The van der Waals surface area contributed by atoms with E-state index in [9.17, 15) is 0 Å². The molecule has 2 aromatic heterocycles. The van der Waals surface area contributed by atoms with Crippen LogP contribution in [0.4, 0.5) is 5.69 Å². The molecule has 5 nitrogen and oxygen atoms in total. The monoisotopic (exact) mass is 163 g/mol. The highest BCUT2D eigenvalue weighted by molar-refractivity contribution is 5.46. The third-order valence-electron chi connectivity index (χ3n) is 1.58. The molecule has 5 heteroatoms. The van der Waals surface area contributed by atoms with E-state index in [0.29, 0.717) is 18.1 Å². The van der Waals surface area contributed by atoms with Crippen molar-refractivity contribution in [1.29, 1.82) is 0 Å². The summed E-state index contributed by atoms with van der Waals surface area (Å²) in [6.07, 6.45) is 1.71. The van der Waals surface area contributed by atoms with E-state index in [1.807, 2.05) is 6.07 Å². The van der Waals surface area contributed by atoms with Gasteiger partial charge in [-0.2, -0.15) is 0 Å². The summed E-state index contributed by atoms with van der Waals surface area (Å²) in [7, 11) is 0.